The molecule has 1 N–H and O–H groups in total. The number of hydrogen-bond donors (Lipinski definition) is 1. The van der Waals surface area contributed by atoms with Crippen LogP contribution in [0, 0.1) is 6.92 Å². The molecule has 0 saturated heterocycles. The molecule has 1 heterocycles. The average molecular weight is 335 g/mol. The maximum atomic E-state index is 12.4. The number of nitrogens with zero attached hydrogens (tertiary/aromatic N) is 1. The number of amides is 1. The molecule has 0 spiro atoms. The van der Waals surface area contributed by atoms with Gasteiger partial charge < -0.3 is 10.2 Å². The average Bonchev–Trinajstić information content (AvgIpc) is 2.62. The standard InChI is InChI=1S/C17H26N2O.2C2H6/c1-5-7-18-10-14-11-19(4)17(20)16-12(3)8-13(6-2)9-15(14)16;2*1-2/h8-9,14,18H,5-7,10-11H2,1-4H3;2*1-2H3. The fourth-order valence-electron chi connectivity index (χ4n) is 3.04. The summed E-state index contributed by atoms with van der Waals surface area (Å²) in [5.41, 5.74) is 4.63. The fourth-order valence-corrected chi connectivity index (χ4v) is 3.04. The van der Waals surface area contributed by atoms with E-state index in [0.717, 1.165) is 43.6 Å². The number of nitrogens with one attached hydrogen (secondary N) is 1. The van der Waals surface area contributed by atoms with E-state index in [2.05, 4.69) is 38.2 Å². The Morgan fingerprint density at radius 2 is 1.79 bits per heavy atom. The molecule has 1 aromatic carbocycles. The second-order valence-corrected chi connectivity index (χ2v) is 5.82. The minimum absolute atomic E-state index is 0.173. The van der Waals surface area contributed by atoms with Gasteiger partial charge in [0.1, 0.15) is 0 Å². The lowest BCUT2D eigenvalue weighted by Crippen LogP contribution is -2.41. The lowest BCUT2D eigenvalue weighted by Gasteiger charge is -2.33. The number of likely N-dealkylation sites (N-methyl/N-ethyl adjacent to an activating group) is 1. The molecule has 1 atom stereocenters. The lowest BCUT2D eigenvalue weighted by atomic mass is 9.85. The third-order valence-electron chi connectivity index (χ3n) is 4.15. The molecule has 3 nitrogen and oxygen atoms in total. The van der Waals surface area contributed by atoms with Crippen molar-refractivity contribution >= 4 is 5.91 Å². The van der Waals surface area contributed by atoms with Gasteiger partial charge in [0.25, 0.3) is 5.91 Å². The number of rotatable bonds is 5. The minimum Gasteiger partial charge on any atom is -0.341 e. The molecular formula is C21H38N2O. The minimum atomic E-state index is 0.173. The summed E-state index contributed by atoms with van der Waals surface area (Å²) in [5.74, 6) is 0.580. The van der Waals surface area contributed by atoms with Gasteiger partial charge in [0, 0.05) is 31.6 Å². The van der Waals surface area contributed by atoms with E-state index >= 15 is 0 Å². The van der Waals surface area contributed by atoms with Gasteiger partial charge in [-0.25, -0.2) is 0 Å². The van der Waals surface area contributed by atoms with E-state index in [1.54, 1.807) is 0 Å². The number of hydrogen-bond acceptors (Lipinski definition) is 2. The summed E-state index contributed by atoms with van der Waals surface area (Å²) in [7, 11) is 1.91. The molecule has 0 aliphatic carbocycles. The van der Waals surface area contributed by atoms with Crippen molar-refractivity contribution in [1.29, 1.82) is 0 Å². The van der Waals surface area contributed by atoms with Gasteiger partial charge in [-0.3, -0.25) is 4.79 Å². The smallest absolute Gasteiger partial charge is 0.254 e. The summed E-state index contributed by atoms with van der Waals surface area (Å²) in [6.07, 6.45) is 2.16. The van der Waals surface area contributed by atoms with Crippen LogP contribution in [-0.2, 0) is 6.42 Å². The van der Waals surface area contributed by atoms with Gasteiger partial charge >= 0.3 is 0 Å². The molecule has 0 radical (unpaired) electrons. The Morgan fingerprint density at radius 3 is 2.33 bits per heavy atom. The largest absolute Gasteiger partial charge is 0.341 e. The Labute approximate surface area is 149 Å². The van der Waals surface area contributed by atoms with Crippen molar-refractivity contribution in [2.75, 3.05) is 26.7 Å². The van der Waals surface area contributed by atoms with Crippen LogP contribution >= 0.6 is 0 Å². The molecule has 0 bridgehead atoms. The highest BCUT2D eigenvalue weighted by molar-refractivity contribution is 5.98. The summed E-state index contributed by atoms with van der Waals surface area (Å²) < 4.78 is 0. The van der Waals surface area contributed by atoms with Gasteiger partial charge in [0.2, 0.25) is 0 Å². The van der Waals surface area contributed by atoms with Gasteiger partial charge in [-0.1, -0.05) is 53.7 Å². The fraction of sp³-hybridized carbons (Fsp3) is 0.667. The van der Waals surface area contributed by atoms with E-state index in [-0.39, 0.29) is 5.91 Å². The third kappa shape index (κ3) is 5.62. The summed E-state index contributed by atoms with van der Waals surface area (Å²) >= 11 is 0. The maximum absolute atomic E-state index is 12.4. The molecule has 24 heavy (non-hydrogen) atoms. The van der Waals surface area contributed by atoms with Gasteiger partial charge in [0.15, 0.2) is 0 Å². The molecule has 3 heteroatoms. The summed E-state index contributed by atoms with van der Waals surface area (Å²) in [6.45, 7) is 17.2. The van der Waals surface area contributed by atoms with Crippen LogP contribution in [0.25, 0.3) is 0 Å². The van der Waals surface area contributed by atoms with E-state index < -0.39 is 0 Å². The molecule has 1 unspecified atom stereocenters. The van der Waals surface area contributed by atoms with Gasteiger partial charge in [-0.2, -0.15) is 0 Å². The number of aryl methyl sites for hydroxylation is 2. The first kappa shape index (κ1) is 22.6. The molecule has 1 aliphatic heterocycles. The first-order valence-corrected chi connectivity index (χ1v) is 9.68. The van der Waals surface area contributed by atoms with Crippen LogP contribution in [0.4, 0.5) is 0 Å². The van der Waals surface area contributed by atoms with Crippen molar-refractivity contribution in [2.45, 2.75) is 67.2 Å². The molecule has 0 saturated carbocycles. The molecule has 1 aliphatic rings. The van der Waals surface area contributed by atoms with E-state index in [1.807, 2.05) is 39.6 Å². The highest BCUT2D eigenvalue weighted by Gasteiger charge is 2.30. The Morgan fingerprint density at radius 1 is 1.17 bits per heavy atom. The Balaban J connectivity index is 0.00000123. The number of carbonyl (C=O) groups is 1. The maximum Gasteiger partial charge on any atom is 0.254 e. The number of fused-ring (bicyclic) bond motifs is 1. The topological polar surface area (TPSA) is 32.3 Å². The molecule has 0 fully saturated rings. The zero-order valence-corrected chi connectivity index (χ0v) is 17.1. The number of carbonyl (C=O) groups excluding carboxylic acids is 1. The number of benzene rings is 1. The summed E-state index contributed by atoms with van der Waals surface area (Å²) in [5, 5.41) is 3.50. The Kier molecular flexibility index (Phi) is 11.4. The molecule has 1 aromatic rings. The lowest BCUT2D eigenvalue weighted by molar-refractivity contribution is 0.0764. The van der Waals surface area contributed by atoms with E-state index in [0.29, 0.717) is 5.92 Å². The quantitative estimate of drug-likeness (QED) is 0.786. The van der Waals surface area contributed by atoms with Gasteiger partial charge in [-0.05, 0) is 43.0 Å². The van der Waals surface area contributed by atoms with Gasteiger partial charge in [0.05, 0.1) is 0 Å². The van der Waals surface area contributed by atoms with E-state index in [1.165, 1.54) is 11.1 Å². The molecule has 138 valence electrons. The van der Waals surface area contributed by atoms with Crippen LogP contribution in [0.15, 0.2) is 12.1 Å². The zero-order chi connectivity index (χ0) is 18.7. The monoisotopic (exact) mass is 334 g/mol. The van der Waals surface area contributed by atoms with Crippen molar-refractivity contribution in [3.63, 3.8) is 0 Å². The predicted octanol–water partition coefficient (Wildman–Crippen LogP) is 4.78. The molecule has 0 aromatic heterocycles. The Hall–Kier alpha value is -1.35. The van der Waals surface area contributed by atoms with Crippen LogP contribution in [0.5, 0.6) is 0 Å². The van der Waals surface area contributed by atoms with E-state index in [9.17, 15) is 4.79 Å². The summed E-state index contributed by atoms with van der Waals surface area (Å²) in [6, 6.07) is 4.40. The highest BCUT2D eigenvalue weighted by Crippen LogP contribution is 2.31. The predicted molar refractivity (Wildman–Crippen MR) is 106 cm³/mol. The second kappa shape index (κ2) is 12.1. The van der Waals surface area contributed by atoms with Crippen molar-refractivity contribution < 1.29 is 4.79 Å². The first-order chi connectivity index (χ1) is 11.6. The van der Waals surface area contributed by atoms with Gasteiger partial charge in [-0.15, -0.1) is 0 Å². The molecular weight excluding hydrogens is 296 g/mol. The van der Waals surface area contributed by atoms with Crippen molar-refractivity contribution in [2.24, 2.45) is 0 Å². The van der Waals surface area contributed by atoms with Crippen LogP contribution in [0.2, 0.25) is 0 Å². The summed E-state index contributed by atoms with van der Waals surface area (Å²) in [4.78, 5) is 14.3. The van der Waals surface area contributed by atoms with E-state index in [4.69, 9.17) is 0 Å². The van der Waals surface area contributed by atoms with Crippen LogP contribution < -0.4 is 5.32 Å². The highest BCUT2D eigenvalue weighted by atomic mass is 16.2. The van der Waals surface area contributed by atoms with Crippen molar-refractivity contribution in [3.8, 4) is 0 Å². The molecule has 1 amide bonds. The third-order valence-corrected chi connectivity index (χ3v) is 4.15. The van der Waals surface area contributed by atoms with Crippen LogP contribution in [0.1, 0.15) is 80.9 Å². The SMILES string of the molecule is CC.CC.CCCNCC1CN(C)C(=O)c2c(C)cc(CC)cc21. The zero-order valence-electron chi connectivity index (χ0n) is 17.1. The first-order valence-electron chi connectivity index (χ1n) is 9.68. The van der Waals surface area contributed by atoms with Crippen LogP contribution in [-0.4, -0.2) is 37.5 Å². The second-order valence-electron chi connectivity index (χ2n) is 5.82. The van der Waals surface area contributed by atoms with Crippen LogP contribution in [0.3, 0.4) is 0 Å². The Bertz CT molecular complexity index is 497. The van der Waals surface area contributed by atoms with Crippen molar-refractivity contribution in [1.82, 2.24) is 10.2 Å². The van der Waals surface area contributed by atoms with Crippen molar-refractivity contribution in [3.05, 3.63) is 34.4 Å². The molecule has 2 rings (SSSR count). The normalized spacial score (nSPS) is 15.8.